The number of methoxy groups -OCH3 is 1. The molecule has 0 fully saturated rings. The van der Waals surface area contributed by atoms with Crippen molar-refractivity contribution in [2.24, 2.45) is 0 Å². The summed E-state index contributed by atoms with van der Waals surface area (Å²) >= 11 is 3.34. The fourth-order valence-electron chi connectivity index (χ4n) is 2.09. The first-order chi connectivity index (χ1) is 9.56. The van der Waals surface area contributed by atoms with Crippen LogP contribution in [0.25, 0.3) is 0 Å². The van der Waals surface area contributed by atoms with E-state index in [4.69, 9.17) is 4.74 Å². The molecule has 2 aromatic rings. The Hall–Kier alpha value is -1.46. The van der Waals surface area contributed by atoms with E-state index < -0.39 is 17.7 Å². The quantitative estimate of drug-likeness (QED) is 0.905. The molecule has 20 heavy (non-hydrogen) atoms. The lowest BCUT2D eigenvalue weighted by atomic mass is 9.97. The average Bonchev–Trinajstić information content (AvgIpc) is 2.43. The SMILES string of the molecule is CNC(c1ccc(Br)cc1)c1c(F)cc(OC)cc1F. The van der Waals surface area contributed by atoms with Gasteiger partial charge >= 0.3 is 0 Å². The Kier molecular flexibility index (Phi) is 4.73. The Bertz CT molecular complexity index is 578. The summed E-state index contributed by atoms with van der Waals surface area (Å²) in [6, 6.07) is 9.10. The molecular formula is C15H14BrF2NO. The van der Waals surface area contributed by atoms with Gasteiger partial charge in [0, 0.05) is 22.2 Å². The number of benzene rings is 2. The number of hydrogen-bond acceptors (Lipinski definition) is 2. The molecule has 106 valence electrons. The van der Waals surface area contributed by atoms with E-state index in [1.165, 1.54) is 19.2 Å². The van der Waals surface area contributed by atoms with Crippen molar-refractivity contribution in [1.29, 1.82) is 0 Å². The summed E-state index contributed by atoms with van der Waals surface area (Å²) in [6.07, 6.45) is 0. The number of nitrogens with one attached hydrogen (secondary N) is 1. The van der Waals surface area contributed by atoms with Gasteiger partial charge in [-0.1, -0.05) is 28.1 Å². The Morgan fingerprint density at radius 2 is 1.65 bits per heavy atom. The third-order valence-corrected chi connectivity index (χ3v) is 3.60. The molecule has 0 amide bonds. The highest BCUT2D eigenvalue weighted by molar-refractivity contribution is 9.10. The average molecular weight is 342 g/mol. The topological polar surface area (TPSA) is 21.3 Å². The molecule has 0 aromatic heterocycles. The summed E-state index contributed by atoms with van der Waals surface area (Å²) in [7, 11) is 3.04. The second-order valence-electron chi connectivity index (χ2n) is 4.28. The maximum atomic E-state index is 14.1. The fraction of sp³-hybridized carbons (Fsp3) is 0.200. The van der Waals surface area contributed by atoms with E-state index in [0.29, 0.717) is 0 Å². The molecule has 0 aliphatic heterocycles. The van der Waals surface area contributed by atoms with E-state index in [9.17, 15) is 8.78 Å². The number of rotatable bonds is 4. The standard InChI is InChI=1S/C15H14BrF2NO/c1-19-15(9-3-5-10(16)6-4-9)14-12(17)7-11(20-2)8-13(14)18/h3-8,15,19H,1-2H3. The first kappa shape index (κ1) is 14.9. The third kappa shape index (κ3) is 2.99. The van der Waals surface area contributed by atoms with Gasteiger partial charge in [-0.15, -0.1) is 0 Å². The third-order valence-electron chi connectivity index (χ3n) is 3.07. The van der Waals surface area contributed by atoms with Gasteiger partial charge in [-0.2, -0.15) is 0 Å². The molecule has 0 saturated carbocycles. The Balaban J connectivity index is 2.49. The molecular weight excluding hydrogens is 328 g/mol. The molecule has 0 saturated heterocycles. The van der Waals surface area contributed by atoms with E-state index in [2.05, 4.69) is 21.2 Å². The smallest absolute Gasteiger partial charge is 0.134 e. The van der Waals surface area contributed by atoms with Crippen LogP contribution in [-0.2, 0) is 0 Å². The molecule has 5 heteroatoms. The predicted octanol–water partition coefficient (Wildman–Crippen LogP) is 4.04. The van der Waals surface area contributed by atoms with Crippen LogP contribution in [0.5, 0.6) is 5.75 Å². The first-order valence-corrected chi connectivity index (χ1v) is 6.81. The predicted molar refractivity (Wildman–Crippen MR) is 78.0 cm³/mol. The highest BCUT2D eigenvalue weighted by Gasteiger charge is 2.21. The van der Waals surface area contributed by atoms with Crippen LogP contribution < -0.4 is 10.1 Å². The maximum Gasteiger partial charge on any atom is 0.134 e. The molecule has 0 radical (unpaired) electrons. The van der Waals surface area contributed by atoms with Gasteiger partial charge in [0.15, 0.2) is 0 Å². The molecule has 1 N–H and O–H groups in total. The van der Waals surface area contributed by atoms with Crippen molar-refractivity contribution in [3.8, 4) is 5.75 Å². The van der Waals surface area contributed by atoms with Crippen LogP contribution in [-0.4, -0.2) is 14.2 Å². The monoisotopic (exact) mass is 341 g/mol. The van der Waals surface area contributed by atoms with Crippen molar-refractivity contribution >= 4 is 15.9 Å². The van der Waals surface area contributed by atoms with Crippen molar-refractivity contribution in [3.63, 3.8) is 0 Å². The zero-order valence-electron chi connectivity index (χ0n) is 11.1. The Morgan fingerprint density at radius 3 is 2.10 bits per heavy atom. The van der Waals surface area contributed by atoms with Crippen molar-refractivity contribution in [2.45, 2.75) is 6.04 Å². The number of ether oxygens (including phenoxy) is 1. The second kappa shape index (κ2) is 6.33. The van der Waals surface area contributed by atoms with Crippen LogP contribution in [0.3, 0.4) is 0 Å². The van der Waals surface area contributed by atoms with Crippen molar-refractivity contribution in [1.82, 2.24) is 5.32 Å². The van der Waals surface area contributed by atoms with Crippen molar-refractivity contribution in [2.75, 3.05) is 14.2 Å². The van der Waals surface area contributed by atoms with Gasteiger partial charge in [-0.05, 0) is 24.7 Å². The summed E-state index contributed by atoms with van der Waals surface area (Å²) in [4.78, 5) is 0. The molecule has 0 aliphatic rings. The van der Waals surface area contributed by atoms with E-state index in [0.717, 1.165) is 10.0 Å². The van der Waals surface area contributed by atoms with Crippen molar-refractivity contribution < 1.29 is 13.5 Å². The molecule has 0 heterocycles. The lowest BCUT2D eigenvalue weighted by Crippen LogP contribution is -2.20. The Morgan fingerprint density at radius 1 is 1.10 bits per heavy atom. The van der Waals surface area contributed by atoms with E-state index >= 15 is 0 Å². The molecule has 2 nitrogen and oxygen atoms in total. The molecule has 1 unspecified atom stereocenters. The van der Waals surface area contributed by atoms with Crippen LogP contribution in [0.2, 0.25) is 0 Å². The minimum atomic E-state index is -0.635. The van der Waals surface area contributed by atoms with E-state index in [-0.39, 0.29) is 11.3 Å². The zero-order valence-corrected chi connectivity index (χ0v) is 12.7. The van der Waals surface area contributed by atoms with Gasteiger partial charge in [0.2, 0.25) is 0 Å². The second-order valence-corrected chi connectivity index (χ2v) is 5.19. The summed E-state index contributed by atoms with van der Waals surface area (Å²) in [5, 5.41) is 2.94. The lowest BCUT2D eigenvalue weighted by molar-refractivity contribution is 0.403. The van der Waals surface area contributed by atoms with Gasteiger partial charge < -0.3 is 10.1 Å². The van der Waals surface area contributed by atoms with Gasteiger partial charge in [-0.25, -0.2) is 8.78 Å². The number of hydrogen-bond donors (Lipinski definition) is 1. The minimum absolute atomic E-state index is 0.0179. The number of halogens is 3. The maximum absolute atomic E-state index is 14.1. The zero-order chi connectivity index (χ0) is 14.7. The summed E-state index contributed by atoms with van der Waals surface area (Å²) in [5.41, 5.74) is 0.759. The molecule has 0 bridgehead atoms. The largest absolute Gasteiger partial charge is 0.497 e. The Labute approximate surface area is 124 Å². The van der Waals surface area contributed by atoms with Crippen LogP contribution in [0, 0.1) is 11.6 Å². The van der Waals surface area contributed by atoms with Crippen LogP contribution in [0.4, 0.5) is 8.78 Å². The normalized spacial score (nSPS) is 12.2. The van der Waals surface area contributed by atoms with Gasteiger partial charge in [0.25, 0.3) is 0 Å². The summed E-state index contributed by atoms with van der Waals surface area (Å²) < 4.78 is 34.0. The van der Waals surface area contributed by atoms with E-state index in [1.807, 2.05) is 24.3 Å². The van der Waals surface area contributed by atoms with Crippen LogP contribution in [0.15, 0.2) is 40.9 Å². The fourth-order valence-corrected chi connectivity index (χ4v) is 2.35. The highest BCUT2D eigenvalue weighted by Crippen LogP contribution is 2.30. The highest BCUT2D eigenvalue weighted by atomic mass is 79.9. The van der Waals surface area contributed by atoms with Crippen LogP contribution >= 0.6 is 15.9 Å². The summed E-state index contributed by atoms with van der Waals surface area (Å²) in [5.74, 6) is -1.11. The lowest BCUT2D eigenvalue weighted by Gasteiger charge is -2.19. The van der Waals surface area contributed by atoms with E-state index in [1.54, 1.807) is 7.05 Å². The van der Waals surface area contributed by atoms with Crippen LogP contribution in [0.1, 0.15) is 17.2 Å². The van der Waals surface area contributed by atoms with Gasteiger partial charge in [0.05, 0.1) is 13.2 Å². The molecule has 1 atom stereocenters. The summed E-state index contributed by atoms with van der Waals surface area (Å²) in [6.45, 7) is 0. The molecule has 2 aromatic carbocycles. The van der Waals surface area contributed by atoms with Crippen molar-refractivity contribution in [3.05, 3.63) is 63.6 Å². The van der Waals surface area contributed by atoms with Gasteiger partial charge in [-0.3, -0.25) is 0 Å². The first-order valence-electron chi connectivity index (χ1n) is 6.02. The molecule has 2 rings (SSSR count). The van der Waals surface area contributed by atoms with Gasteiger partial charge in [0.1, 0.15) is 17.4 Å². The molecule has 0 aliphatic carbocycles. The minimum Gasteiger partial charge on any atom is -0.497 e. The molecule has 0 spiro atoms.